The fourth-order valence-electron chi connectivity index (χ4n) is 2.18. The number of hydrogen-bond donors (Lipinski definition) is 2. The molecule has 23 heavy (non-hydrogen) atoms. The third-order valence-electron chi connectivity index (χ3n) is 3.65. The molecule has 0 unspecified atom stereocenters. The van der Waals surface area contributed by atoms with Crippen molar-refractivity contribution in [2.75, 3.05) is 7.05 Å². The Balaban J connectivity index is 1.86. The molecule has 0 saturated heterocycles. The highest BCUT2D eigenvalue weighted by molar-refractivity contribution is 8.00. The highest BCUT2D eigenvalue weighted by Crippen LogP contribution is 2.40. The first-order chi connectivity index (χ1) is 11.1. The second kappa shape index (κ2) is 6.54. The summed E-state index contributed by atoms with van der Waals surface area (Å²) in [4.78, 5) is 32.6. The quantitative estimate of drug-likeness (QED) is 0.664. The molecule has 3 rings (SSSR count). The maximum atomic E-state index is 12.0. The molecular weight excluding hydrogens is 312 g/mol. The van der Waals surface area contributed by atoms with Gasteiger partial charge in [-0.1, -0.05) is 30.0 Å². The lowest BCUT2D eigenvalue weighted by molar-refractivity contribution is -0.119. The first-order valence-corrected chi connectivity index (χ1v) is 8.42. The second-order valence-corrected chi connectivity index (χ2v) is 6.84. The number of para-hydroxylation sites is 1. The van der Waals surface area contributed by atoms with Gasteiger partial charge < -0.3 is 5.32 Å². The average molecular weight is 330 g/mol. The van der Waals surface area contributed by atoms with Gasteiger partial charge >= 0.3 is 6.03 Å². The molecule has 1 aromatic heterocycles. The van der Waals surface area contributed by atoms with Crippen molar-refractivity contribution in [3.63, 3.8) is 0 Å². The number of carbonyl (C=O) groups excluding carboxylic acids is 2. The number of rotatable bonds is 4. The summed E-state index contributed by atoms with van der Waals surface area (Å²) < 4.78 is 0. The molecule has 1 aliphatic carbocycles. The van der Waals surface area contributed by atoms with E-state index in [1.807, 2.05) is 24.3 Å². The zero-order valence-electron chi connectivity index (χ0n) is 13.0. The summed E-state index contributed by atoms with van der Waals surface area (Å²) >= 11 is 1.35. The van der Waals surface area contributed by atoms with Gasteiger partial charge in [-0.3, -0.25) is 10.1 Å². The Labute approximate surface area is 138 Å². The van der Waals surface area contributed by atoms with Gasteiger partial charge in [-0.25, -0.2) is 14.8 Å². The zero-order valence-corrected chi connectivity index (χ0v) is 13.8. The van der Waals surface area contributed by atoms with E-state index in [1.54, 1.807) is 6.92 Å². The van der Waals surface area contributed by atoms with Crippen molar-refractivity contribution in [2.24, 2.45) is 0 Å². The molecule has 0 radical (unpaired) electrons. The molecule has 3 amide bonds. The molecule has 1 fully saturated rings. The van der Waals surface area contributed by atoms with E-state index < -0.39 is 11.3 Å². The van der Waals surface area contributed by atoms with E-state index in [2.05, 4.69) is 20.6 Å². The smallest absolute Gasteiger partial charge is 0.321 e. The van der Waals surface area contributed by atoms with Crippen molar-refractivity contribution in [1.29, 1.82) is 0 Å². The highest BCUT2D eigenvalue weighted by Gasteiger charge is 2.28. The Hall–Kier alpha value is -2.15. The minimum Gasteiger partial charge on any atom is -0.341 e. The molecule has 1 heterocycles. The first kappa shape index (κ1) is 15.7. The van der Waals surface area contributed by atoms with E-state index in [1.165, 1.54) is 18.8 Å². The summed E-state index contributed by atoms with van der Waals surface area (Å²) in [5.41, 5.74) is 0.894. The van der Waals surface area contributed by atoms with Gasteiger partial charge in [0.2, 0.25) is 5.91 Å². The molecule has 6 nitrogen and oxygen atoms in total. The van der Waals surface area contributed by atoms with E-state index in [4.69, 9.17) is 0 Å². The van der Waals surface area contributed by atoms with E-state index in [9.17, 15) is 9.59 Å². The van der Waals surface area contributed by atoms with Gasteiger partial charge in [0.1, 0.15) is 10.9 Å². The molecule has 1 atom stereocenters. The zero-order chi connectivity index (χ0) is 16.4. The van der Waals surface area contributed by atoms with Crippen LogP contribution in [0.2, 0.25) is 0 Å². The number of benzene rings is 1. The maximum Gasteiger partial charge on any atom is 0.321 e. The Kier molecular flexibility index (Phi) is 4.47. The second-order valence-electron chi connectivity index (χ2n) is 5.51. The van der Waals surface area contributed by atoms with Crippen LogP contribution in [0.15, 0.2) is 29.3 Å². The minimum atomic E-state index is -0.506. The van der Waals surface area contributed by atoms with Crippen LogP contribution in [0.25, 0.3) is 10.9 Å². The number of nitrogens with one attached hydrogen (secondary N) is 2. The summed E-state index contributed by atoms with van der Waals surface area (Å²) in [6.45, 7) is 1.76. The number of thioether (sulfide) groups is 1. The van der Waals surface area contributed by atoms with Gasteiger partial charge in [-0.05, 0) is 25.8 Å². The van der Waals surface area contributed by atoms with Crippen LogP contribution in [0.3, 0.4) is 0 Å². The fourth-order valence-corrected chi connectivity index (χ4v) is 3.12. The van der Waals surface area contributed by atoms with Crippen LogP contribution in [0.1, 0.15) is 31.5 Å². The number of nitrogens with zero attached hydrogens (tertiary/aromatic N) is 2. The van der Waals surface area contributed by atoms with Crippen LogP contribution < -0.4 is 10.6 Å². The molecule has 1 aromatic carbocycles. The summed E-state index contributed by atoms with van der Waals surface area (Å²) in [5, 5.41) is 5.95. The molecule has 120 valence electrons. The van der Waals surface area contributed by atoms with Crippen molar-refractivity contribution in [1.82, 2.24) is 20.6 Å². The van der Waals surface area contributed by atoms with Crippen molar-refractivity contribution in [2.45, 2.75) is 36.0 Å². The van der Waals surface area contributed by atoms with Crippen molar-refractivity contribution >= 4 is 34.6 Å². The fraction of sp³-hybridized carbons (Fsp3) is 0.375. The number of urea groups is 1. The predicted molar refractivity (Wildman–Crippen MR) is 89.4 cm³/mol. The summed E-state index contributed by atoms with van der Waals surface area (Å²) in [5.74, 6) is 0.948. The summed E-state index contributed by atoms with van der Waals surface area (Å²) in [7, 11) is 1.47. The SMILES string of the molecule is CNC(=O)NC(=O)[C@H](C)Sc1nc(C2CC2)nc2ccccc12. The molecule has 1 saturated carbocycles. The first-order valence-electron chi connectivity index (χ1n) is 7.54. The summed E-state index contributed by atoms with van der Waals surface area (Å²) in [6, 6.07) is 7.29. The summed E-state index contributed by atoms with van der Waals surface area (Å²) in [6.07, 6.45) is 2.24. The van der Waals surface area contributed by atoms with E-state index in [0.29, 0.717) is 5.92 Å². The molecule has 2 N–H and O–H groups in total. The standard InChI is InChI=1S/C16H18N4O2S/c1-9(14(21)20-16(22)17-2)23-15-11-5-3-4-6-12(11)18-13(19-15)10-7-8-10/h3-6,9-10H,7-8H2,1-2H3,(H2,17,20,21,22)/t9-/m0/s1. The Morgan fingerprint density at radius 2 is 2.00 bits per heavy atom. The van der Waals surface area contributed by atoms with E-state index in [-0.39, 0.29) is 5.91 Å². The predicted octanol–water partition coefficient (Wildman–Crippen LogP) is 2.44. The van der Waals surface area contributed by atoms with E-state index in [0.717, 1.165) is 34.6 Å². The van der Waals surface area contributed by atoms with Crippen LogP contribution in [0.5, 0.6) is 0 Å². The van der Waals surface area contributed by atoms with Gasteiger partial charge in [0, 0.05) is 18.4 Å². The van der Waals surface area contributed by atoms with Crippen molar-refractivity contribution in [3.05, 3.63) is 30.1 Å². The van der Waals surface area contributed by atoms with Gasteiger partial charge in [0.05, 0.1) is 10.8 Å². The van der Waals surface area contributed by atoms with Gasteiger partial charge in [0.15, 0.2) is 0 Å². The molecule has 2 aromatic rings. The monoisotopic (exact) mass is 330 g/mol. The minimum absolute atomic E-state index is 0.343. The maximum absolute atomic E-state index is 12.0. The molecule has 1 aliphatic rings. The average Bonchev–Trinajstić information content (AvgIpc) is 3.39. The number of aromatic nitrogens is 2. The Morgan fingerprint density at radius 1 is 1.26 bits per heavy atom. The number of imide groups is 1. The highest BCUT2D eigenvalue weighted by atomic mass is 32.2. The molecular formula is C16H18N4O2S. The van der Waals surface area contributed by atoms with Gasteiger partial charge in [-0.2, -0.15) is 0 Å². The van der Waals surface area contributed by atoms with Crippen molar-refractivity contribution < 1.29 is 9.59 Å². The lowest BCUT2D eigenvalue weighted by Crippen LogP contribution is -2.41. The number of hydrogen-bond acceptors (Lipinski definition) is 5. The normalized spacial score (nSPS) is 15.2. The topological polar surface area (TPSA) is 84.0 Å². The largest absolute Gasteiger partial charge is 0.341 e. The van der Waals surface area contributed by atoms with Gasteiger partial charge in [0.25, 0.3) is 0 Å². The Morgan fingerprint density at radius 3 is 2.70 bits per heavy atom. The number of fused-ring (bicyclic) bond motifs is 1. The molecule has 0 aliphatic heterocycles. The van der Waals surface area contributed by atoms with Crippen LogP contribution in [0, 0.1) is 0 Å². The number of carbonyl (C=O) groups is 2. The lowest BCUT2D eigenvalue weighted by Gasteiger charge is -2.13. The molecule has 0 spiro atoms. The Bertz CT molecular complexity index is 761. The third-order valence-corrected chi connectivity index (χ3v) is 4.75. The lowest BCUT2D eigenvalue weighted by atomic mass is 10.2. The van der Waals surface area contributed by atoms with Crippen LogP contribution in [0.4, 0.5) is 4.79 Å². The van der Waals surface area contributed by atoms with Crippen LogP contribution >= 0.6 is 11.8 Å². The molecule has 0 bridgehead atoms. The number of amides is 3. The van der Waals surface area contributed by atoms with Crippen LogP contribution in [-0.2, 0) is 4.79 Å². The molecule has 7 heteroatoms. The van der Waals surface area contributed by atoms with Crippen LogP contribution in [-0.4, -0.2) is 34.2 Å². The third kappa shape index (κ3) is 3.61. The van der Waals surface area contributed by atoms with Gasteiger partial charge in [-0.15, -0.1) is 0 Å². The van der Waals surface area contributed by atoms with Crippen molar-refractivity contribution in [3.8, 4) is 0 Å². The van der Waals surface area contributed by atoms with E-state index >= 15 is 0 Å².